The molecule has 0 saturated heterocycles. The van der Waals surface area contributed by atoms with Crippen LogP contribution in [0.15, 0.2) is 0 Å². The Morgan fingerprint density at radius 3 is 1.50 bits per heavy atom. The minimum atomic E-state index is -3.63. The molecule has 0 heterocycles. The van der Waals surface area contributed by atoms with Gasteiger partial charge in [-0.25, -0.2) is 0 Å². The Morgan fingerprint density at radius 2 is 1.17 bits per heavy atom. The molecule has 0 fully saturated rings. The van der Waals surface area contributed by atoms with Crippen LogP contribution >= 0.6 is 0 Å². The van der Waals surface area contributed by atoms with Crippen LogP contribution in [0.4, 0.5) is 0 Å². The zero-order valence-corrected chi connectivity index (χ0v) is 22.4. The van der Waals surface area contributed by atoms with E-state index in [0.717, 1.165) is 69.1 Å². The standard InChI is InChI=1S/4C4H9.C2H4O2.H2O.O.2Sn/c4*1-3-4-2;1-2(3)4;;;;/h4*1,3-4H2,2H3;1H3,(H,3,4);1H2;;;/q;;;;;;;2*+1/p-2. The van der Waals surface area contributed by atoms with Crippen molar-refractivity contribution in [3.05, 3.63) is 0 Å². The van der Waals surface area contributed by atoms with Crippen molar-refractivity contribution in [3.8, 4) is 0 Å². The topological polar surface area (TPSA) is 55.8 Å². The van der Waals surface area contributed by atoms with Gasteiger partial charge in [0.2, 0.25) is 0 Å². The van der Waals surface area contributed by atoms with Gasteiger partial charge in [0.25, 0.3) is 0 Å². The first-order chi connectivity index (χ1) is 11.4. The van der Waals surface area contributed by atoms with E-state index in [1.54, 1.807) is 0 Å². The predicted molar refractivity (Wildman–Crippen MR) is 105 cm³/mol. The molecular formula is C18H40O4Sn2. The van der Waals surface area contributed by atoms with Crippen molar-refractivity contribution in [1.82, 2.24) is 0 Å². The van der Waals surface area contributed by atoms with Crippen molar-refractivity contribution in [2.24, 2.45) is 0 Å². The van der Waals surface area contributed by atoms with Crippen molar-refractivity contribution in [2.45, 2.75) is 104 Å². The van der Waals surface area contributed by atoms with E-state index in [2.05, 4.69) is 27.7 Å². The fourth-order valence-corrected chi connectivity index (χ4v) is 41.9. The van der Waals surface area contributed by atoms with Crippen LogP contribution < -0.4 is 0 Å². The van der Waals surface area contributed by atoms with Crippen LogP contribution in [0, 0.1) is 0 Å². The summed E-state index contributed by atoms with van der Waals surface area (Å²) in [4.78, 5) is 11.8. The molecule has 1 N–H and O–H groups in total. The summed E-state index contributed by atoms with van der Waals surface area (Å²) in [6, 6.07) is 0. The molecular weight excluding hydrogens is 518 g/mol. The normalized spacial score (nSPS) is 12.4. The van der Waals surface area contributed by atoms with E-state index >= 15 is 0 Å². The van der Waals surface area contributed by atoms with Gasteiger partial charge in [0.05, 0.1) is 0 Å². The molecule has 0 spiro atoms. The van der Waals surface area contributed by atoms with E-state index in [-0.39, 0.29) is 5.97 Å². The number of unbranched alkanes of at least 4 members (excludes halogenated alkanes) is 4. The van der Waals surface area contributed by atoms with Crippen molar-refractivity contribution in [3.63, 3.8) is 0 Å². The zero-order valence-electron chi connectivity index (χ0n) is 16.7. The summed E-state index contributed by atoms with van der Waals surface area (Å²) >= 11 is -7.17. The van der Waals surface area contributed by atoms with Crippen molar-refractivity contribution < 1.29 is 12.7 Å². The van der Waals surface area contributed by atoms with Crippen molar-refractivity contribution in [2.75, 3.05) is 0 Å². The third-order valence-electron chi connectivity index (χ3n) is 4.37. The molecule has 0 aliphatic heterocycles. The van der Waals surface area contributed by atoms with Crippen molar-refractivity contribution >= 4 is 44.4 Å². The van der Waals surface area contributed by atoms with Crippen LogP contribution in [0.3, 0.4) is 0 Å². The Hall–Kier alpha value is 0.987. The SMILES string of the molecule is CCC[CH2][Sn]([OH])([CH2]CCC)[O][Sn]([CH2]CCC)([CH2]CCC)[O]C(C)=O. The average molecular weight is 558 g/mol. The molecule has 0 rings (SSSR count). The van der Waals surface area contributed by atoms with Gasteiger partial charge < -0.3 is 0 Å². The summed E-state index contributed by atoms with van der Waals surface area (Å²) < 4.78 is 27.5. The Kier molecular flexibility index (Phi) is 14.7. The van der Waals surface area contributed by atoms with Crippen LogP contribution in [-0.4, -0.2) is 47.8 Å². The fraction of sp³-hybridized carbons (Fsp3) is 0.944. The Bertz CT molecular complexity index is 321. The number of carbonyl (C=O) groups excluding carboxylic acids is 1. The Balaban J connectivity index is 5.37. The van der Waals surface area contributed by atoms with Crippen molar-refractivity contribution in [1.29, 1.82) is 0 Å². The summed E-state index contributed by atoms with van der Waals surface area (Å²) in [7, 11) is 0. The van der Waals surface area contributed by atoms with E-state index in [1.807, 2.05) is 0 Å². The molecule has 4 nitrogen and oxygen atoms in total. The van der Waals surface area contributed by atoms with Crippen LogP contribution in [0.5, 0.6) is 0 Å². The molecule has 0 aromatic carbocycles. The van der Waals surface area contributed by atoms with Crippen LogP contribution in [0.2, 0.25) is 17.7 Å². The Morgan fingerprint density at radius 1 is 0.792 bits per heavy atom. The molecule has 0 aromatic rings. The van der Waals surface area contributed by atoms with Gasteiger partial charge in [-0.05, 0) is 0 Å². The summed E-state index contributed by atoms with van der Waals surface area (Å²) in [5.74, 6) is -0.211. The van der Waals surface area contributed by atoms with Gasteiger partial charge in [-0.15, -0.1) is 0 Å². The van der Waals surface area contributed by atoms with E-state index in [0.29, 0.717) is 0 Å². The molecule has 144 valence electrons. The van der Waals surface area contributed by atoms with Gasteiger partial charge in [-0.3, -0.25) is 0 Å². The maximum atomic E-state index is 11.8. The molecule has 0 radical (unpaired) electrons. The van der Waals surface area contributed by atoms with E-state index in [9.17, 15) is 8.24 Å². The number of carbonyl (C=O) groups is 1. The maximum absolute atomic E-state index is 11.8. The van der Waals surface area contributed by atoms with E-state index in [4.69, 9.17) is 4.49 Å². The first-order valence-corrected chi connectivity index (χ1v) is 22.8. The van der Waals surface area contributed by atoms with Gasteiger partial charge in [0, 0.05) is 0 Å². The van der Waals surface area contributed by atoms with Gasteiger partial charge in [0.1, 0.15) is 0 Å². The molecule has 0 bridgehead atoms. The number of hydrogen-bond donors (Lipinski definition) is 1. The van der Waals surface area contributed by atoms with E-state index < -0.39 is 38.4 Å². The van der Waals surface area contributed by atoms with Gasteiger partial charge >= 0.3 is 161 Å². The molecule has 0 saturated carbocycles. The molecule has 0 amide bonds. The third kappa shape index (κ3) is 10.9. The molecule has 24 heavy (non-hydrogen) atoms. The minimum absolute atomic E-state index is 0.211. The fourth-order valence-electron chi connectivity index (χ4n) is 2.98. The number of rotatable bonds is 15. The number of hydrogen-bond acceptors (Lipinski definition) is 4. The summed E-state index contributed by atoms with van der Waals surface area (Å²) in [5.41, 5.74) is 0. The molecule has 0 atom stereocenters. The third-order valence-corrected chi connectivity index (χ3v) is 35.6. The predicted octanol–water partition coefficient (Wildman–Crippen LogP) is 5.64. The van der Waals surface area contributed by atoms with Gasteiger partial charge in [0.15, 0.2) is 0 Å². The van der Waals surface area contributed by atoms with Gasteiger partial charge in [-0.1, -0.05) is 0 Å². The van der Waals surface area contributed by atoms with Gasteiger partial charge in [-0.2, -0.15) is 0 Å². The quantitative estimate of drug-likeness (QED) is 0.265. The molecule has 0 aromatic heterocycles. The first-order valence-electron chi connectivity index (χ1n) is 9.99. The molecule has 6 heteroatoms. The summed E-state index contributed by atoms with van der Waals surface area (Å²) in [6.45, 7) is 10.1. The average Bonchev–Trinajstić information content (AvgIpc) is 2.54. The first kappa shape index (κ1) is 25.0. The second-order valence-electron chi connectivity index (χ2n) is 6.97. The zero-order chi connectivity index (χ0) is 18.5. The second-order valence-corrected chi connectivity index (χ2v) is 28.3. The molecule has 0 unspecified atom stereocenters. The molecule has 0 aliphatic rings. The Labute approximate surface area is 160 Å². The monoisotopic (exact) mass is 560 g/mol. The second kappa shape index (κ2) is 14.1. The van der Waals surface area contributed by atoms with Crippen LogP contribution in [-0.2, 0) is 9.28 Å². The van der Waals surface area contributed by atoms with E-state index in [1.165, 1.54) is 6.92 Å². The molecule has 0 aliphatic carbocycles. The summed E-state index contributed by atoms with van der Waals surface area (Å²) in [5, 5.41) is 0. The van der Waals surface area contributed by atoms with Crippen LogP contribution in [0.1, 0.15) is 86.0 Å². The summed E-state index contributed by atoms with van der Waals surface area (Å²) in [6.07, 6.45) is 8.44. The van der Waals surface area contributed by atoms with Crippen LogP contribution in [0.25, 0.3) is 0 Å².